The molecule has 1 atom stereocenters. The average Bonchev–Trinajstić information content (AvgIpc) is 2.88. The largest absolute Gasteiger partial charge is 0.457 e. The summed E-state index contributed by atoms with van der Waals surface area (Å²) >= 11 is 0. The Hall–Kier alpha value is -2.06. The summed E-state index contributed by atoms with van der Waals surface area (Å²) in [7, 11) is 0. The minimum absolute atomic E-state index is 0.579. The van der Waals surface area contributed by atoms with Gasteiger partial charge in [0.2, 0.25) is 0 Å². The van der Waals surface area contributed by atoms with Crippen molar-refractivity contribution in [3.8, 4) is 0 Å². The molecule has 2 heteroatoms. The predicted molar refractivity (Wildman–Crippen MR) is 85.5 cm³/mol. The summed E-state index contributed by atoms with van der Waals surface area (Å²) < 4.78 is 5.94. The monoisotopic (exact) mass is 280 g/mol. The van der Waals surface area contributed by atoms with Gasteiger partial charge in [0.15, 0.2) is 0 Å². The molecule has 0 aliphatic carbocycles. The van der Waals surface area contributed by atoms with Crippen LogP contribution < -0.4 is 0 Å². The fourth-order valence-electron chi connectivity index (χ4n) is 2.64. The van der Waals surface area contributed by atoms with Gasteiger partial charge in [0.25, 0.3) is 0 Å². The van der Waals surface area contributed by atoms with E-state index in [9.17, 15) is 5.11 Å². The zero-order valence-corrected chi connectivity index (χ0v) is 12.9. The Morgan fingerprint density at radius 2 is 1.67 bits per heavy atom. The molecule has 0 aliphatic rings. The maximum absolute atomic E-state index is 11.0. The van der Waals surface area contributed by atoms with E-state index in [1.807, 2.05) is 49.4 Å². The summed E-state index contributed by atoms with van der Waals surface area (Å²) in [6, 6.07) is 14.0. The van der Waals surface area contributed by atoms with Crippen molar-refractivity contribution < 1.29 is 9.52 Å². The first-order chi connectivity index (χ1) is 9.89. The zero-order chi connectivity index (χ0) is 15.2. The van der Waals surface area contributed by atoms with E-state index in [1.54, 1.807) is 6.92 Å². The highest BCUT2D eigenvalue weighted by molar-refractivity contribution is 5.81. The van der Waals surface area contributed by atoms with E-state index in [0.717, 1.165) is 22.1 Å². The maximum Gasteiger partial charge on any atom is 0.144 e. The van der Waals surface area contributed by atoms with Crippen molar-refractivity contribution >= 4 is 11.0 Å². The van der Waals surface area contributed by atoms with Gasteiger partial charge in [-0.1, -0.05) is 36.4 Å². The molecule has 1 aromatic heterocycles. The van der Waals surface area contributed by atoms with E-state index >= 15 is 0 Å². The van der Waals surface area contributed by atoms with Crippen LogP contribution in [0.1, 0.15) is 34.9 Å². The van der Waals surface area contributed by atoms with Crippen LogP contribution in [-0.2, 0) is 5.60 Å². The maximum atomic E-state index is 11.0. The van der Waals surface area contributed by atoms with E-state index in [2.05, 4.69) is 13.8 Å². The zero-order valence-electron chi connectivity index (χ0n) is 12.9. The number of hydrogen-bond acceptors (Lipinski definition) is 2. The molecule has 1 heterocycles. The van der Waals surface area contributed by atoms with Crippen LogP contribution >= 0.6 is 0 Å². The second-order valence-corrected chi connectivity index (χ2v) is 5.98. The average molecular weight is 280 g/mol. The quantitative estimate of drug-likeness (QED) is 0.743. The van der Waals surface area contributed by atoms with Gasteiger partial charge in [-0.25, -0.2) is 0 Å². The smallest absolute Gasteiger partial charge is 0.144 e. The van der Waals surface area contributed by atoms with E-state index in [1.165, 1.54) is 11.1 Å². The molecule has 2 nitrogen and oxygen atoms in total. The lowest BCUT2D eigenvalue weighted by Gasteiger charge is -2.22. The first-order valence-corrected chi connectivity index (χ1v) is 7.19. The molecule has 0 amide bonds. The van der Waals surface area contributed by atoms with Crippen LogP contribution in [0.2, 0.25) is 0 Å². The van der Waals surface area contributed by atoms with Crippen LogP contribution in [-0.4, -0.2) is 5.11 Å². The number of rotatable bonds is 2. The van der Waals surface area contributed by atoms with Crippen molar-refractivity contribution in [3.05, 3.63) is 70.5 Å². The third-order valence-electron chi connectivity index (χ3n) is 4.29. The Labute approximate surface area is 125 Å². The van der Waals surface area contributed by atoms with Crippen molar-refractivity contribution in [2.75, 3.05) is 0 Å². The molecule has 0 saturated heterocycles. The van der Waals surface area contributed by atoms with Gasteiger partial charge >= 0.3 is 0 Å². The lowest BCUT2D eigenvalue weighted by Crippen LogP contribution is -2.22. The first-order valence-electron chi connectivity index (χ1n) is 7.19. The highest BCUT2D eigenvalue weighted by Gasteiger charge is 2.30. The molecule has 0 bridgehead atoms. The lowest BCUT2D eigenvalue weighted by atomic mass is 9.91. The minimum atomic E-state index is -1.13. The molecule has 3 aromatic rings. The number of aliphatic hydroxyl groups is 1. The number of benzene rings is 2. The fourth-order valence-corrected chi connectivity index (χ4v) is 2.64. The van der Waals surface area contributed by atoms with Gasteiger partial charge < -0.3 is 9.52 Å². The van der Waals surface area contributed by atoms with Crippen molar-refractivity contribution in [1.29, 1.82) is 0 Å². The van der Waals surface area contributed by atoms with Gasteiger partial charge in [-0.15, -0.1) is 0 Å². The standard InChI is InChI=1S/C19H20O2/c1-12-8-9-16(10-14(12)3)19(4,20)17-11-15-7-5-6-13(2)18(15)21-17/h5-11,20H,1-4H3. The fraction of sp³-hybridized carbons (Fsp3) is 0.263. The third-order valence-corrected chi connectivity index (χ3v) is 4.29. The molecular weight excluding hydrogens is 260 g/mol. The lowest BCUT2D eigenvalue weighted by molar-refractivity contribution is 0.0785. The Bertz CT molecular complexity index is 810. The van der Waals surface area contributed by atoms with Crippen LogP contribution in [0.3, 0.4) is 0 Å². The number of aryl methyl sites for hydroxylation is 3. The van der Waals surface area contributed by atoms with Crippen molar-refractivity contribution in [2.24, 2.45) is 0 Å². The number of furan rings is 1. The van der Waals surface area contributed by atoms with Crippen molar-refractivity contribution in [1.82, 2.24) is 0 Å². The third kappa shape index (κ3) is 2.26. The minimum Gasteiger partial charge on any atom is -0.457 e. The van der Waals surface area contributed by atoms with E-state index < -0.39 is 5.60 Å². The SMILES string of the molecule is Cc1ccc(C(C)(O)c2cc3cccc(C)c3o2)cc1C. The Balaban J connectivity index is 2.14. The molecule has 0 aliphatic heterocycles. The van der Waals surface area contributed by atoms with Crippen LogP contribution in [0.25, 0.3) is 11.0 Å². The molecule has 1 N–H and O–H groups in total. The summed E-state index contributed by atoms with van der Waals surface area (Å²) in [5, 5.41) is 12.0. The second kappa shape index (κ2) is 4.74. The summed E-state index contributed by atoms with van der Waals surface area (Å²) in [4.78, 5) is 0. The summed E-state index contributed by atoms with van der Waals surface area (Å²) in [5.41, 5.74) is 4.02. The molecule has 108 valence electrons. The highest BCUT2D eigenvalue weighted by Crippen LogP contribution is 2.34. The van der Waals surface area contributed by atoms with Crippen LogP contribution in [0.5, 0.6) is 0 Å². The van der Waals surface area contributed by atoms with Crippen LogP contribution in [0, 0.1) is 20.8 Å². The van der Waals surface area contributed by atoms with E-state index in [-0.39, 0.29) is 0 Å². The second-order valence-electron chi connectivity index (χ2n) is 5.98. The van der Waals surface area contributed by atoms with E-state index in [0.29, 0.717) is 5.76 Å². The van der Waals surface area contributed by atoms with Gasteiger partial charge in [-0.2, -0.15) is 0 Å². The van der Waals surface area contributed by atoms with Gasteiger partial charge in [0.05, 0.1) is 0 Å². The molecule has 0 fully saturated rings. The molecule has 2 aromatic carbocycles. The first kappa shape index (κ1) is 13.9. The number of hydrogen-bond donors (Lipinski definition) is 1. The van der Waals surface area contributed by atoms with Gasteiger partial charge in [-0.05, 0) is 56.0 Å². The molecule has 0 spiro atoms. The normalized spacial score (nSPS) is 14.3. The highest BCUT2D eigenvalue weighted by atomic mass is 16.4. The topological polar surface area (TPSA) is 33.4 Å². The molecule has 0 radical (unpaired) electrons. The summed E-state index contributed by atoms with van der Waals surface area (Å²) in [6.45, 7) is 7.92. The number of fused-ring (bicyclic) bond motifs is 1. The summed E-state index contributed by atoms with van der Waals surface area (Å²) in [5.74, 6) is 0.579. The summed E-state index contributed by atoms with van der Waals surface area (Å²) in [6.07, 6.45) is 0. The van der Waals surface area contributed by atoms with Gasteiger partial charge in [0.1, 0.15) is 16.9 Å². The molecule has 1 unspecified atom stereocenters. The molecule has 21 heavy (non-hydrogen) atoms. The Morgan fingerprint density at radius 1 is 0.905 bits per heavy atom. The van der Waals surface area contributed by atoms with Crippen LogP contribution in [0.4, 0.5) is 0 Å². The predicted octanol–water partition coefficient (Wildman–Crippen LogP) is 4.61. The Morgan fingerprint density at radius 3 is 2.33 bits per heavy atom. The van der Waals surface area contributed by atoms with Crippen LogP contribution in [0.15, 0.2) is 46.9 Å². The van der Waals surface area contributed by atoms with E-state index in [4.69, 9.17) is 4.42 Å². The van der Waals surface area contributed by atoms with Gasteiger partial charge in [0, 0.05) is 5.39 Å². The van der Waals surface area contributed by atoms with Crippen molar-refractivity contribution in [2.45, 2.75) is 33.3 Å². The van der Waals surface area contributed by atoms with Crippen molar-refractivity contribution in [3.63, 3.8) is 0 Å². The molecule has 3 rings (SSSR count). The number of para-hydroxylation sites is 1. The molecule has 0 saturated carbocycles. The van der Waals surface area contributed by atoms with Gasteiger partial charge in [-0.3, -0.25) is 0 Å². The molecular formula is C19H20O2. The Kier molecular flexibility index (Phi) is 3.14.